The average Bonchev–Trinajstić information content (AvgIpc) is 2.55. The largest absolute Gasteiger partial charge is 0.336 e. The Labute approximate surface area is 138 Å². The van der Waals surface area contributed by atoms with Gasteiger partial charge in [0.25, 0.3) is 5.91 Å². The number of carbonyl (C=O) groups is 1. The topological polar surface area (TPSA) is 23.6 Å². The Kier molecular flexibility index (Phi) is 5.04. The van der Waals surface area contributed by atoms with Crippen molar-refractivity contribution >= 4 is 17.5 Å². The lowest BCUT2D eigenvalue weighted by molar-refractivity contribution is 0.0423. The van der Waals surface area contributed by atoms with Crippen LogP contribution >= 0.6 is 11.6 Å². The summed E-state index contributed by atoms with van der Waals surface area (Å²) in [5.74, 6) is 0.905. The standard InChI is InChI=1S/C18H25ClN2O/c1-14-5-2-3-8-17(14)20-9-11-21(12-10-20)18(22)15-6-4-7-16(19)13-15/h4,6-7,13-14,17H,2-3,5,8-12H2,1H3/t14-,17+/m1/s1. The van der Waals surface area contributed by atoms with Crippen molar-refractivity contribution in [2.24, 2.45) is 5.92 Å². The maximum absolute atomic E-state index is 12.5. The third-order valence-corrected chi connectivity index (χ3v) is 5.44. The lowest BCUT2D eigenvalue weighted by Crippen LogP contribution is -2.53. The molecule has 2 fully saturated rings. The minimum Gasteiger partial charge on any atom is -0.336 e. The van der Waals surface area contributed by atoms with Gasteiger partial charge < -0.3 is 4.90 Å². The molecule has 0 spiro atoms. The fraction of sp³-hybridized carbons (Fsp3) is 0.611. The quantitative estimate of drug-likeness (QED) is 0.830. The van der Waals surface area contributed by atoms with Gasteiger partial charge in [0, 0.05) is 42.8 Å². The number of carbonyl (C=O) groups excluding carboxylic acids is 1. The maximum atomic E-state index is 12.5. The summed E-state index contributed by atoms with van der Waals surface area (Å²) in [6.45, 7) is 6.04. The van der Waals surface area contributed by atoms with Crippen molar-refractivity contribution in [2.75, 3.05) is 26.2 Å². The first-order valence-corrected chi connectivity index (χ1v) is 8.82. The van der Waals surface area contributed by atoms with Gasteiger partial charge in [0.05, 0.1) is 0 Å². The van der Waals surface area contributed by atoms with Crippen LogP contribution in [0, 0.1) is 5.92 Å². The number of benzene rings is 1. The summed E-state index contributed by atoms with van der Waals surface area (Å²) in [6, 6.07) is 7.98. The van der Waals surface area contributed by atoms with Crippen LogP contribution in [0.4, 0.5) is 0 Å². The number of halogens is 1. The highest BCUT2D eigenvalue weighted by Gasteiger charge is 2.30. The molecule has 0 radical (unpaired) electrons. The maximum Gasteiger partial charge on any atom is 0.253 e. The highest BCUT2D eigenvalue weighted by molar-refractivity contribution is 6.30. The Morgan fingerprint density at radius 2 is 1.86 bits per heavy atom. The van der Waals surface area contributed by atoms with Crippen molar-refractivity contribution in [1.29, 1.82) is 0 Å². The second kappa shape index (κ2) is 7.01. The summed E-state index contributed by atoms with van der Waals surface area (Å²) in [5, 5.41) is 0.625. The van der Waals surface area contributed by atoms with Crippen molar-refractivity contribution < 1.29 is 4.79 Å². The highest BCUT2D eigenvalue weighted by atomic mass is 35.5. The third kappa shape index (κ3) is 3.47. The van der Waals surface area contributed by atoms with Gasteiger partial charge in [0.1, 0.15) is 0 Å². The van der Waals surface area contributed by atoms with E-state index in [1.165, 1.54) is 25.7 Å². The lowest BCUT2D eigenvalue weighted by Gasteiger charge is -2.43. The van der Waals surface area contributed by atoms with Gasteiger partial charge in [-0.25, -0.2) is 0 Å². The number of nitrogens with zero attached hydrogens (tertiary/aromatic N) is 2. The molecule has 22 heavy (non-hydrogen) atoms. The predicted molar refractivity (Wildman–Crippen MR) is 90.3 cm³/mol. The van der Waals surface area contributed by atoms with E-state index in [-0.39, 0.29) is 5.91 Å². The number of amides is 1. The number of hydrogen-bond acceptors (Lipinski definition) is 2. The number of hydrogen-bond donors (Lipinski definition) is 0. The summed E-state index contributed by atoms with van der Waals surface area (Å²) in [6.07, 6.45) is 5.41. The van der Waals surface area contributed by atoms with Gasteiger partial charge in [0.2, 0.25) is 0 Å². The Morgan fingerprint density at radius 1 is 1.14 bits per heavy atom. The van der Waals surface area contributed by atoms with Crippen LogP contribution < -0.4 is 0 Å². The first kappa shape index (κ1) is 15.8. The van der Waals surface area contributed by atoms with E-state index >= 15 is 0 Å². The van der Waals surface area contributed by atoms with Crippen molar-refractivity contribution in [1.82, 2.24) is 9.80 Å². The zero-order chi connectivity index (χ0) is 15.5. The average molecular weight is 321 g/mol. The minimum atomic E-state index is 0.110. The Balaban J connectivity index is 1.58. The monoisotopic (exact) mass is 320 g/mol. The van der Waals surface area contributed by atoms with E-state index in [0.717, 1.165) is 38.1 Å². The predicted octanol–water partition coefficient (Wildman–Crippen LogP) is 3.68. The molecule has 1 aromatic rings. The lowest BCUT2D eigenvalue weighted by atomic mass is 9.84. The summed E-state index contributed by atoms with van der Waals surface area (Å²) < 4.78 is 0. The van der Waals surface area contributed by atoms with E-state index < -0.39 is 0 Å². The van der Waals surface area contributed by atoms with E-state index in [1.807, 2.05) is 17.0 Å². The molecule has 1 saturated heterocycles. The Hall–Kier alpha value is -1.06. The molecular weight excluding hydrogens is 296 g/mol. The van der Waals surface area contributed by atoms with Crippen LogP contribution in [-0.4, -0.2) is 47.9 Å². The van der Waals surface area contributed by atoms with E-state index in [4.69, 9.17) is 11.6 Å². The first-order chi connectivity index (χ1) is 10.6. The summed E-state index contributed by atoms with van der Waals surface area (Å²) >= 11 is 5.99. The number of rotatable bonds is 2. The molecule has 1 saturated carbocycles. The van der Waals surface area contributed by atoms with E-state index in [2.05, 4.69) is 11.8 Å². The third-order valence-electron chi connectivity index (χ3n) is 5.21. The molecule has 3 nitrogen and oxygen atoms in total. The van der Waals surface area contributed by atoms with E-state index in [1.54, 1.807) is 12.1 Å². The van der Waals surface area contributed by atoms with Gasteiger partial charge in [-0.3, -0.25) is 9.69 Å². The fourth-order valence-corrected chi connectivity index (χ4v) is 4.09. The van der Waals surface area contributed by atoms with Crippen LogP contribution in [0.15, 0.2) is 24.3 Å². The number of piperazine rings is 1. The van der Waals surface area contributed by atoms with E-state index in [9.17, 15) is 4.79 Å². The normalized spacial score (nSPS) is 26.9. The van der Waals surface area contributed by atoms with Crippen LogP contribution in [0.5, 0.6) is 0 Å². The van der Waals surface area contributed by atoms with Crippen LogP contribution in [0.25, 0.3) is 0 Å². The molecule has 0 N–H and O–H groups in total. The van der Waals surface area contributed by atoms with Crippen molar-refractivity contribution in [2.45, 2.75) is 38.6 Å². The van der Waals surface area contributed by atoms with Crippen LogP contribution in [0.3, 0.4) is 0 Å². The molecule has 1 amide bonds. The second-order valence-corrected chi connectivity index (χ2v) is 7.10. The second-order valence-electron chi connectivity index (χ2n) is 6.67. The molecule has 1 aliphatic carbocycles. The molecule has 0 bridgehead atoms. The summed E-state index contributed by atoms with van der Waals surface area (Å²) in [7, 11) is 0. The van der Waals surface area contributed by atoms with Crippen LogP contribution in [0.2, 0.25) is 5.02 Å². The zero-order valence-corrected chi connectivity index (χ0v) is 14.1. The molecule has 3 rings (SSSR count). The Morgan fingerprint density at radius 3 is 2.55 bits per heavy atom. The molecule has 1 aromatic carbocycles. The van der Waals surface area contributed by atoms with Gasteiger partial charge in [-0.1, -0.05) is 37.4 Å². The van der Waals surface area contributed by atoms with Crippen molar-refractivity contribution in [3.8, 4) is 0 Å². The zero-order valence-electron chi connectivity index (χ0n) is 13.3. The smallest absolute Gasteiger partial charge is 0.253 e. The SMILES string of the molecule is C[C@@H]1CCCC[C@@H]1N1CCN(C(=O)c2cccc(Cl)c2)CC1. The van der Waals surface area contributed by atoms with Crippen LogP contribution in [0.1, 0.15) is 43.0 Å². The fourth-order valence-electron chi connectivity index (χ4n) is 3.90. The van der Waals surface area contributed by atoms with Crippen molar-refractivity contribution in [3.63, 3.8) is 0 Å². The molecule has 1 aliphatic heterocycles. The Bertz CT molecular complexity index is 526. The van der Waals surface area contributed by atoms with Gasteiger partial charge in [0.15, 0.2) is 0 Å². The molecular formula is C18H25ClN2O. The van der Waals surface area contributed by atoms with Gasteiger partial charge in [-0.15, -0.1) is 0 Å². The van der Waals surface area contributed by atoms with Gasteiger partial charge >= 0.3 is 0 Å². The van der Waals surface area contributed by atoms with E-state index in [0.29, 0.717) is 10.6 Å². The van der Waals surface area contributed by atoms with Gasteiger partial charge in [-0.05, 0) is 37.0 Å². The molecule has 4 heteroatoms. The molecule has 1 heterocycles. The van der Waals surface area contributed by atoms with Crippen molar-refractivity contribution in [3.05, 3.63) is 34.9 Å². The van der Waals surface area contributed by atoms with Gasteiger partial charge in [-0.2, -0.15) is 0 Å². The summed E-state index contributed by atoms with van der Waals surface area (Å²) in [5.41, 5.74) is 0.701. The highest BCUT2D eigenvalue weighted by Crippen LogP contribution is 2.28. The molecule has 2 atom stereocenters. The van der Waals surface area contributed by atoms with Crippen LogP contribution in [-0.2, 0) is 0 Å². The molecule has 2 aliphatic rings. The molecule has 120 valence electrons. The minimum absolute atomic E-state index is 0.110. The molecule has 0 unspecified atom stereocenters. The summed E-state index contributed by atoms with van der Waals surface area (Å²) in [4.78, 5) is 17.1. The first-order valence-electron chi connectivity index (χ1n) is 8.44. The molecule has 0 aromatic heterocycles.